The van der Waals surface area contributed by atoms with E-state index < -0.39 is 0 Å². The molecule has 1 aliphatic heterocycles. The quantitative estimate of drug-likeness (QED) is 0.664. The van der Waals surface area contributed by atoms with E-state index in [-0.39, 0.29) is 11.9 Å². The lowest BCUT2D eigenvalue weighted by molar-refractivity contribution is -0.122. The number of piperidine rings is 1. The summed E-state index contributed by atoms with van der Waals surface area (Å²) in [6.07, 6.45) is 5.66. The Morgan fingerprint density at radius 2 is 2.00 bits per heavy atom. The Kier molecular flexibility index (Phi) is 8.16. The number of hydrogen-bond acceptors (Lipinski definition) is 5. The van der Waals surface area contributed by atoms with Crippen LogP contribution in [0, 0.1) is 5.92 Å². The van der Waals surface area contributed by atoms with E-state index in [0.717, 1.165) is 50.6 Å². The molecule has 0 aliphatic carbocycles. The summed E-state index contributed by atoms with van der Waals surface area (Å²) in [5, 5.41) is 15.4. The zero-order chi connectivity index (χ0) is 20.5. The van der Waals surface area contributed by atoms with Gasteiger partial charge in [0.25, 0.3) is 0 Å². The normalized spacial score (nSPS) is 16.6. The second-order valence-corrected chi connectivity index (χ2v) is 8.20. The summed E-state index contributed by atoms with van der Waals surface area (Å²) in [5.74, 6) is 1.80. The molecule has 0 radical (unpaired) electrons. The topological polar surface area (TPSA) is 75.9 Å². The fraction of sp³-hybridized carbons (Fsp3) is 0.636. The first kappa shape index (κ1) is 21.4. The predicted molar refractivity (Wildman–Crippen MR) is 113 cm³/mol. The van der Waals surface area contributed by atoms with Crippen molar-refractivity contribution in [1.82, 2.24) is 30.4 Å². The van der Waals surface area contributed by atoms with Gasteiger partial charge in [0.2, 0.25) is 5.91 Å². The fourth-order valence-corrected chi connectivity index (χ4v) is 3.88. The average Bonchev–Trinajstić information content (AvgIpc) is 3.17. The highest BCUT2D eigenvalue weighted by Crippen LogP contribution is 2.19. The molecule has 1 N–H and O–H groups in total. The molecular weight excluding hydrogens is 364 g/mol. The second-order valence-electron chi connectivity index (χ2n) is 8.20. The van der Waals surface area contributed by atoms with Crippen LogP contribution in [0.3, 0.4) is 0 Å². The van der Waals surface area contributed by atoms with E-state index >= 15 is 0 Å². The summed E-state index contributed by atoms with van der Waals surface area (Å²) in [6, 6.07) is 10.3. The van der Waals surface area contributed by atoms with E-state index in [1.54, 1.807) is 0 Å². The van der Waals surface area contributed by atoms with Crippen molar-refractivity contribution in [3.8, 4) is 0 Å². The van der Waals surface area contributed by atoms with Gasteiger partial charge in [-0.05, 0) is 60.7 Å². The van der Waals surface area contributed by atoms with Gasteiger partial charge in [0.15, 0.2) is 5.82 Å². The summed E-state index contributed by atoms with van der Waals surface area (Å²) in [4.78, 5) is 14.9. The lowest BCUT2D eigenvalue weighted by Crippen LogP contribution is -2.33. The number of benzene rings is 1. The van der Waals surface area contributed by atoms with E-state index in [4.69, 9.17) is 0 Å². The van der Waals surface area contributed by atoms with Crippen molar-refractivity contribution in [2.45, 2.75) is 71.5 Å². The van der Waals surface area contributed by atoms with Gasteiger partial charge in [0.1, 0.15) is 0 Å². The standard InChI is InChI=1S/C22H34N6O/c1-3-8-20(19-9-5-4-6-10-19)23-22(29)11-7-14-28-21(24-25-26-28)17-27-15-12-18(2)13-16-27/h4-6,9-10,18,20H,3,7-8,11-17H2,1-2H3,(H,23,29)/t20-/m0/s1. The highest BCUT2D eigenvalue weighted by molar-refractivity contribution is 5.76. The highest BCUT2D eigenvalue weighted by atomic mass is 16.1. The molecule has 3 rings (SSSR count). The van der Waals surface area contributed by atoms with Gasteiger partial charge in [0.05, 0.1) is 12.6 Å². The van der Waals surface area contributed by atoms with Gasteiger partial charge in [-0.25, -0.2) is 4.68 Å². The molecule has 0 saturated carbocycles. The maximum atomic E-state index is 12.5. The molecule has 0 spiro atoms. The molecular formula is C22H34N6O. The largest absolute Gasteiger partial charge is 0.349 e. The SMILES string of the molecule is CCC[C@H](NC(=O)CCCn1nnnc1CN1CCC(C)CC1)c1ccccc1. The molecule has 1 atom stereocenters. The number of hydrogen-bond donors (Lipinski definition) is 1. The third-order valence-corrected chi connectivity index (χ3v) is 5.74. The first-order chi connectivity index (χ1) is 14.2. The van der Waals surface area contributed by atoms with Crippen LogP contribution in [-0.2, 0) is 17.9 Å². The van der Waals surface area contributed by atoms with Gasteiger partial charge in [-0.3, -0.25) is 9.69 Å². The number of likely N-dealkylation sites (tertiary alicyclic amines) is 1. The van der Waals surface area contributed by atoms with Crippen LogP contribution in [0.5, 0.6) is 0 Å². The number of tetrazole rings is 1. The van der Waals surface area contributed by atoms with E-state index in [0.29, 0.717) is 13.0 Å². The van der Waals surface area contributed by atoms with Crippen LogP contribution in [0.25, 0.3) is 0 Å². The molecule has 0 bridgehead atoms. The number of carbonyl (C=O) groups excluding carboxylic acids is 1. The Morgan fingerprint density at radius 1 is 1.24 bits per heavy atom. The number of amides is 1. The Hall–Kier alpha value is -2.28. The Labute approximate surface area is 173 Å². The summed E-state index contributed by atoms with van der Waals surface area (Å²) >= 11 is 0. The summed E-state index contributed by atoms with van der Waals surface area (Å²) in [6.45, 7) is 8.13. The fourth-order valence-electron chi connectivity index (χ4n) is 3.88. The molecule has 2 aromatic rings. The minimum absolute atomic E-state index is 0.0822. The third kappa shape index (κ3) is 6.63. The van der Waals surface area contributed by atoms with Crippen molar-refractivity contribution in [3.05, 3.63) is 41.7 Å². The van der Waals surface area contributed by atoms with E-state index in [1.165, 1.54) is 18.4 Å². The second kappa shape index (κ2) is 11.0. The first-order valence-electron chi connectivity index (χ1n) is 11.0. The lowest BCUT2D eigenvalue weighted by atomic mass is 9.99. The number of nitrogens with one attached hydrogen (secondary N) is 1. The van der Waals surface area contributed by atoms with E-state index in [2.05, 4.69) is 51.7 Å². The lowest BCUT2D eigenvalue weighted by Gasteiger charge is -2.29. The molecule has 0 unspecified atom stereocenters. The van der Waals surface area contributed by atoms with Crippen molar-refractivity contribution in [2.75, 3.05) is 13.1 Å². The third-order valence-electron chi connectivity index (χ3n) is 5.74. The number of carbonyl (C=O) groups is 1. The molecule has 1 fully saturated rings. The molecule has 2 heterocycles. The minimum Gasteiger partial charge on any atom is -0.349 e. The smallest absolute Gasteiger partial charge is 0.220 e. The van der Waals surface area contributed by atoms with Crippen molar-refractivity contribution in [1.29, 1.82) is 0 Å². The zero-order valence-corrected chi connectivity index (χ0v) is 17.8. The Morgan fingerprint density at radius 3 is 2.72 bits per heavy atom. The van der Waals surface area contributed by atoms with E-state index in [1.807, 2.05) is 22.9 Å². The van der Waals surface area contributed by atoms with Gasteiger partial charge in [-0.15, -0.1) is 5.10 Å². The maximum Gasteiger partial charge on any atom is 0.220 e. The molecule has 1 saturated heterocycles. The van der Waals surface area contributed by atoms with Crippen LogP contribution < -0.4 is 5.32 Å². The van der Waals surface area contributed by atoms with E-state index in [9.17, 15) is 4.79 Å². The summed E-state index contributed by atoms with van der Waals surface area (Å²) < 4.78 is 1.85. The average molecular weight is 399 g/mol. The molecule has 1 amide bonds. The van der Waals surface area contributed by atoms with Crippen LogP contribution >= 0.6 is 0 Å². The number of nitrogens with zero attached hydrogens (tertiary/aromatic N) is 5. The number of aromatic nitrogens is 4. The predicted octanol–water partition coefficient (Wildman–Crippen LogP) is 3.34. The molecule has 158 valence electrons. The van der Waals surface area contributed by atoms with Gasteiger partial charge in [-0.2, -0.15) is 0 Å². The van der Waals surface area contributed by atoms with Crippen molar-refractivity contribution >= 4 is 5.91 Å². The number of rotatable bonds is 10. The molecule has 7 nitrogen and oxygen atoms in total. The van der Waals surface area contributed by atoms with Crippen molar-refractivity contribution in [3.63, 3.8) is 0 Å². The van der Waals surface area contributed by atoms with Crippen LogP contribution in [-0.4, -0.2) is 44.1 Å². The monoisotopic (exact) mass is 398 g/mol. The molecule has 1 aromatic carbocycles. The van der Waals surface area contributed by atoms with Crippen LogP contribution in [0.15, 0.2) is 30.3 Å². The summed E-state index contributed by atoms with van der Waals surface area (Å²) in [7, 11) is 0. The molecule has 29 heavy (non-hydrogen) atoms. The van der Waals surface area contributed by atoms with Crippen LogP contribution in [0.1, 0.15) is 69.8 Å². The molecule has 7 heteroatoms. The summed E-state index contributed by atoms with van der Waals surface area (Å²) in [5.41, 5.74) is 1.17. The first-order valence-corrected chi connectivity index (χ1v) is 11.0. The van der Waals surface area contributed by atoms with Crippen LogP contribution in [0.2, 0.25) is 0 Å². The van der Waals surface area contributed by atoms with Crippen LogP contribution in [0.4, 0.5) is 0 Å². The Balaban J connectivity index is 1.45. The van der Waals surface area contributed by atoms with Gasteiger partial charge in [0, 0.05) is 13.0 Å². The number of aryl methyl sites for hydroxylation is 1. The zero-order valence-electron chi connectivity index (χ0n) is 17.8. The van der Waals surface area contributed by atoms with Crippen molar-refractivity contribution in [2.24, 2.45) is 5.92 Å². The van der Waals surface area contributed by atoms with Gasteiger partial charge < -0.3 is 5.32 Å². The van der Waals surface area contributed by atoms with Gasteiger partial charge >= 0.3 is 0 Å². The maximum absolute atomic E-state index is 12.5. The van der Waals surface area contributed by atoms with Crippen molar-refractivity contribution < 1.29 is 4.79 Å². The minimum atomic E-state index is 0.0822. The highest BCUT2D eigenvalue weighted by Gasteiger charge is 2.19. The Bertz CT molecular complexity index is 739. The molecule has 1 aliphatic rings. The van der Waals surface area contributed by atoms with Gasteiger partial charge in [-0.1, -0.05) is 50.6 Å². The molecule has 1 aromatic heterocycles.